The van der Waals surface area contributed by atoms with E-state index < -0.39 is 17.7 Å². The molecule has 0 aliphatic heterocycles. The van der Waals surface area contributed by atoms with Crippen LogP contribution in [0.25, 0.3) is 17.0 Å². The lowest BCUT2D eigenvalue weighted by atomic mass is 10.1. The summed E-state index contributed by atoms with van der Waals surface area (Å²) in [6, 6.07) is 14.5. The smallest absolute Gasteiger partial charge is 0.412 e. The molecule has 1 amide bonds. The predicted octanol–water partition coefficient (Wildman–Crippen LogP) is 4.69. The molecule has 0 atom stereocenters. The summed E-state index contributed by atoms with van der Waals surface area (Å²) in [6.07, 6.45) is -0.224. The Bertz CT molecular complexity index is 1670. The van der Waals surface area contributed by atoms with Crippen molar-refractivity contribution in [3.05, 3.63) is 93.7 Å². The van der Waals surface area contributed by atoms with E-state index in [1.165, 1.54) is 16.8 Å². The number of fused-ring (bicyclic) bond motifs is 1. The van der Waals surface area contributed by atoms with Crippen LogP contribution >= 0.6 is 15.9 Å². The lowest BCUT2D eigenvalue weighted by molar-refractivity contribution is 0.201. The summed E-state index contributed by atoms with van der Waals surface area (Å²) in [4.78, 5) is 25.6. The van der Waals surface area contributed by atoms with Gasteiger partial charge in [-0.25, -0.2) is 18.6 Å². The van der Waals surface area contributed by atoms with E-state index in [0.29, 0.717) is 22.3 Å². The van der Waals surface area contributed by atoms with Crippen molar-refractivity contribution in [2.75, 3.05) is 16.4 Å². The maximum atomic E-state index is 14.3. The van der Waals surface area contributed by atoms with Crippen molar-refractivity contribution in [3.8, 4) is 5.95 Å². The Labute approximate surface area is 222 Å². The van der Waals surface area contributed by atoms with Crippen molar-refractivity contribution in [1.29, 1.82) is 0 Å². The first-order valence-electron chi connectivity index (χ1n) is 11.2. The third kappa shape index (κ3) is 4.83. The number of amides is 1. The highest BCUT2D eigenvalue weighted by atomic mass is 79.9. The highest BCUT2D eigenvalue weighted by Crippen LogP contribution is 2.31. The first-order valence-corrected chi connectivity index (χ1v) is 12.0. The fourth-order valence-corrected chi connectivity index (χ4v) is 4.48. The molecule has 0 aliphatic rings. The van der Waals surface area contributed by atoms with Gasteiger partial charge in [0.25, 0.3) is 5.95 Å². The number of carboxylic acid groups (broad SMARTS) is 1. The van der Waals surface area contributed by atoms with Gasteiger partial charge in [-0.1, -0.05) is 46.3 Å². The van der Waals surface area contributed by atoms with Gasteiger partial charge in [0.05, 0.1) is 24.0 Å². The molecule has 5 N–H and O–H groups in total. The van der Waals surface area contributed by atoms with Crippen molar-refractivity contribution in [1.82, 2.24) is 24.7 Å². The Hall–Kier alpha value is -4.65. The van der Waals surface area contributed by atoms with Crippen LogP contribution in [0.2, 0.25) is 0 Å². The molecule has 2 aromatic carbocycles. The number of nitrogens with zero attached hydrogens (tertiary/aromatic N) is 6. The first-order chi connectivity index (χ1) is 18.2. The minimum absolute atomic E-state index is 0.0667. The quantitative estimate of drug-likeness (QED) is 0.262. The van der Waals surface area contributed by atoms with Gasteiger partial charge in [-0.3, -0.25) is 4.90 Å². The highest BCUT2D eigenvalue weighted by molar-refractivity contribution is 9.10. The van der Waals surface area contributed by atoms with Crippen molar-refractivity contribution < 1.29 is 18.7 Å². The SMILES string of the molecule is Nc1nc(-n2nc(Cc3ccccc3F)c3ncc(F)cc32)nc(N)c1N(Cc1cccc(Br)c1)C(=O)O. The average Bonchev–Trinajstić information content (AvgIpc) is 3.21. The van der Waals surface area contributed by atoms with Gasteiger partial charge >= 0.3 is 6.09 Å². The van der Waals surface area contributed by atoms with E-state index in [4.69, 9.17) is 11.5 Å². The molecule has 3 heterocycles. The standard InChI is InChI=1S/C25H19BrF2N8O2/c26-15-6-3-4-13(8-15)12-35(25(37)38)21-22(29)32-24(33-23(21)30)36-19-10-16(27)11-31-20(19)18(34-36)9-14-5-1-2-7-17(14)28/h1-8,10-11H,9,12H2,(H,37,38)(H4,29,30,32,33). The predicted molar refractivity (Wildman–Crippen MR) is 141 cm³/mol. The van der Waals surface area contributed by atoms with E-state index in [1.54, 1.807) is 36.4 Å². The minimum Gasteiger partial charge on any atom is -0.465 e. The number of aromatic nitrogens is 5. The van der Waals surface area contributed by atoms with Crippen molar-refractivity contribution in [2.24, 2.45) is 0 Å². The van der Waals surface area contributed by atoms with E-state index in [1.807, 2.05) is 6.07 Å². The summed E-state index contributed by atoms with van der Waals surface area (Å²) in [6.45, 7) is -0.0709. The van der Waals surface area contributed by atoms with Gasteiger partial charge in [-0.05, 0) is 29.3 Å². The molecule has 0 spiro atoms. The zero-order valence-electron chi connectivity index (χ0n) is 19.5. The molecular weight excluding hydrogens is 562 g/mol. The van der Waals surface area contributed by atoms with Gasteiger partial charge in [0, 0.05) is 17.0 Å². The second kappa shape index (κ2) is 10.0. The molecule has 13 heteroatoms. The van der Waals surface area contributed by atoms with Crippen molar-refractivity contribution in [2.45, 2.75) is 13.0 Å². The molecule has 0 aliphatic carbocycles. The summed E-state index contributed by atoms with van der Waals surface area (Å²) in [5, 5.41) is 14.3. The summed E-state index contributed by atoms with van der Waals surface area (Å²) >= 11 is 3.36. The van der Waals surface area contributed by atoms with E-state index in [9.17, 15) is 18.7 Å². The molecule has 0 saturated heterocycles. The average molecular weight is 581 g/mol. The van der Waals surface area contributed by atoms with Gasteiger partial charge in [0.1, 0.15) is 22.8 Å². The summed E-state index contributed by atoms with van der Waals surface area (Å²) in [5.41, 5.74) is 14.1. The van der Waals surface area contributed by atoms with E-state index >= 15 is 0 Å². The number of nitrogens with two attached hydrogens (primary N) is 2. The summed E-state index contributed by atoms with van der Waals surface area (Å²) in [5.74, 6) is -1.65. The molecule has 0 saturated carbocycles. The van der Waals surface area contributed by atoms with Gasteiger partial charge < -0.3 is 16.6 Å². The number of pyridine rings is 1. The largest absolute Gasteiger partial charge is 0.465 e. The third-order valence-electron chi connectivity index (χ3n) is 5.72. The molecule has 5 rings (SSSR count). The molecule has 3 aromatic heterocycles. The topological polar surface area (TPSA) is 149 Å². The molecular formula is C25H19BrF2N8O2. The van der Waals surface area contributed by atoms with Crippen LogP contribution in [0.3, 0.4) is 0 Å². The number of rotatable bonds is 6. The number of anilines is 3. The van der Waals surface area contributed by atoms with Gasteiger partial charge in [-0.15, -0.1) is 0 Å². The second-order valence-corrected chi connectivity index (χ2v) is 9.20. The third-order valence-corrected chi connectivity index (χ3v) is 6.21. The lowest BCUT2D eigenvalue weighted by Gasteiger charge is -2.22. The van der Waals surface area contributed by atoms with Crippen LogP contribution in [0.5, 0.6) is 0 Å². The fraction of sp³-hybridized carbons (Fsp3) is 0.0800. The van der Waals surface area contributed by atoms with Crippen molar-refractivity contribution >= 4 is 50.4 Å². The van der Waals surface area contributed by atoms with Gasteiger partial charge in [-0.2, -0.15) is 19.7 Å². The number of hydrogen-bond donors (Lipinski definition) is 3. The Kier molecular flexibility index (Phi) is 6.59. The Balaban J connectivity index is 1.59. The number of carbonyl (C=O) groups is 1. The zero-order chi connectivity index (χ0) is 27.0. The molecule has 0 radical (unpaired) electrons. The van der Waals surface area contributed by atoms with Crippen LogP contribution < -0.4 is 16.4 Å². The summed E-state index contributed by atoms with van der Waals surface area (Å²) < 4.78 is 30.4. The van der Waals surface area contributed by atoms with Crippen molar-refractivity contribution in [3.63, 3.8) is 0 Å². The zero-order valence-corrected chi connectivity index (χ0v) is 21.1. The number of benzene rings is 2. The van der Waals surface area contributed by atoms with E-state index in [0.717, 1.165) is 15.6 Å². The van der Waals surface area contributed by atoms with E-state index in [-0.39, 0.29) is 41.8 Å². The molecule has 0 unspecified atom stereocenters. The van der Waals surface area contributed by atoms with Gasteiger partial charge in [0.15, 0.2) is 11.6 Å². The Morgan fingerprint density at radius 3 is 2.47 bits per heavy atom. The van der Waals surface area contributed by atoms with Crippen LogP contribution in [0.15, 0.2) is 65.3 Å². The molecule has 10 nitrogen and oxygen atoms in total. The maximum Gasteiger partial charge on any atom is 0.412 e. The normalized spacial score (nSPS) is 11.1. The first kappa shape index (κ1) is 25.0. The molecule has 38 heavy (non-hydrogen) atoms. The molecule has 0 bridgehead atoms. The summed E-state index contributed by atoms with van der Waals surface area (Å²) in [7, 11) is 0. The molecule has 5 aromatic rings. The number of hydrogen-bond acceptors (Lipinski definition) is 7. The number of halogens is 3. The second-order valence-electron chi connectivity index (χ2n) is 8.29. The number of nitrogen functional groups attached to an aromatic ring is 2. The highest BCUT2D eigenvalue weighted by Gasteiger charge is 2.25. The van der Waals surface area contributed by atoms with Crippen LogP contribution in [-0.4, -0.2) is 35.9 Å². The van der Waals surface area contributed by atoms with Gasteiger partial charge in [0.2, 0.25) is 0 Å². The van der Waals surface area contributed by atoms with Crippen LogP contribution in [0.1, 0.15) is 16.8 Å². The molecule has 192 valence electrons. The van der Waals surface area contributed by atoms with Crippen LogP contribution in [-0.2, 0) is 13.0 Å². The van der Waals surface area contributed by atoms with E-state index in [2.05, 4.69) is 36.0 Å². The monoisotopic (exact) mass is 580 g/mol. The minimum atomic E-state index is -1.32. The fourth-order valence-electron chi connectivity index (χ4n) is 4.04. The van der Waals surface area contributed by atoms with Crippen LogP contribution in [0.4, 0.5) is 30.9 Å². The Morgan fingerprint density at radius 1 is 1.05 bits per heavy atom. The maximum absolute atomic E-state index is 14.3. The van der Waals surface area contributed by atoms with Crippen LogP contribution in [0, 0.1) is 11.6 Å². The lowest BCUT2D eigenvalue weighted by Crippen LogP contribution is -2.31. The Morgan fingerprint density at radius 2 is 1.79 bits per heavy atom. The molecule has 0 fully saturated rings.